The van der Waals surface area contributed by atoms with Gasteiger partial charge in [0, 0.05) is 16.3 Å². The van der Waals surface area contributed by atoms with Crippen LogP contribution in [-0.4, -0.2) is 17.9 Å². The Morgan fingerprint density at radius 3 is 2.21 bits per heavy atom. The monoisotopic (exact) mass is 418 g/mol. The quantitative estimate of drug-likeness (QED) is 0.236. The summed E-state index contributed by atoms with van der Waals surface area (Å²) in [6.45, 7) is 0. The van der Waals surface area contributed by atoms with Gasteiger partial charge in [-0.2, -0.15) is 5.10 Å². The van der Waals surface area contributed by atoms with Crippen LogP contribution in [-0.2, 0) is 10.5 Å². The minimum atomic E-state index is -0.121. The maximum absolute atomic E-state index is 12.1. The average molecular weight is 419 g/mol. The Morgan fingerprint density at radius 1 is 0.931 bits per heavy atom. The molecule has 0 unspecified atom stereocenters. The summed E-state index contributed by atoms with van der Waals surface area (Å²) >= 11 is 7.43. The molecule has 0 aromatic heterocycles. The van der Waals surface area contributed by atoms with Crippen LogP contribution in [0.1, 0.15) is 11.1 Å². The molecule has 0 aliphatic heterocycles. The van der Waals surface area contributed by atoms with Gasteiger partial charge in [-0.25, -0.2) is 5.43 Å². The molecule has 0 atom stereocenters. The number of hydrazone groups is 1. The van der Waals surface area contributed by atoms with Gasteiger partial charge < -0.3 is 0 Å². The molecule has 0 radical (unpaired) electrons. The molecule has 1 N–H and O–H groups in total. The van der Waals surface area contributed by atoms with Gasteiger partial charge in [-0.05, 0) is 45.3 Å². The molecular weight excluding hydrogens is 400 g/mol. The van der Waals surface area contributed by atoms with Gasteiger partial charge in [0.05, 0.1) is 12.0 Å². The van der Waals surface area contributed by atoms with Crippen molar-refractivity contribution in [1.29, 1.82) is 0 Å². The Morgan fingerprint density at radius 2 is 1.55 bits per heavy atom. The highest BCUT2D eigenvalue weighted by Crippen LogP contribution is 2.27. The van der Waals surface area contributed by atoms with Crippen molar-refractivity contribution in [2.45, 2.75) is 5.75 Å². The first-order chi connectivity index (χ1) is 14.2. The molecule has 0 heterocycles. The van der Waals surface area contributed by atoms with Gasteiger partial charge >= 0.3 is 0 Å². The van der Waals surface area contributed by atoms with Crippen LogP contribution in [0.5, 0.6) is 0 Å². The van der Waals surface area contributed by atoms with Crippen LogP contribution in [0.2, 0.25) is 5.02 Å². The van der Waals surface area contributed by atoms with Crippen molar-refractivity contribution in [2.75, 3.05) is 5.75 Å². The van der Waals surface area contributed by atoms with Crippen LogP contribution in [0.3, 0.4) is 0 Å². The van der Waals surface area contributed by atoms with Gasteiger partial charge in [-0.1, -0.05) is 72.3 Å². The second kappa shape index (κ2) is 9.12. The predicted octanol–water partition coefficient (Wildman–Crippen LogP) is 6.03. The Kier molecular flexibility index (Phi) is 6.13. The summed E-state index contributed by atoms with van der Waals surface area (Å²) in [6.07, 6.45) is 1.74. The van der Waals surface area contributed by atoms with Crippen molar-refractivity contribution in [2.24, 2.45) is 5.10 Å². The smallest absolute Gasteiger partial charge is 0.250 e. The molecule has 29 heavy (non-hydrogen) atoms. The maximum Gasteiger partial charge on any atom is 0.250 e. The van der Waals surface area contributed by atoms with Crippen molar-refractivity contribution < 1.29 is 4.79 Å². The van der Waals surface area contributed by atoms with Crippen LogP contribution in [0, 0.1) is 0 Å². The SMILES string of the molecule is O=C(CSCc1ccc(Cl)cc1)N/N=C\c1c2ccccc2cc2ccccc12. The molecule has 0 saturated heterocycles. The molecular formula is C24H19ClN2OS. The summed E-state index contributed by atoms with van der Waals surface area (Å²) in [5.41, 5.74) is 4.79. The first kappa shape index (κ1) is 19.5. The van der Waals surface area contributed by atoms with Gasteiger partial charge in [-0.15, -0.1) is 11.8 Å². The van der Waals surface area contributed by atoms with Crippen molar-refractivity contribution in [1.82, 2.24) is 5.43 Å². The Hall–Kier alpha value is -2.82. The highest BCUT2D eigenvalue weighted by molar-refractivity contribution is 7.99. The molecule has 0 bridgehead atoms. The third-order valence-corrected chi connectivity index (χ3v) is 5.87. The zero-order chi connectivity index (χ0) is 20.1. The van der Waals surface area contributed by atoms with E-state index in [0.29, 0.717) is 10.8 Å². The summed E-state index contributed by atoms with van der Waals surface area (Å²) in [5, 5.41) is 9.46. The number of thioether (sulfide) groups is 1. The minimum Gasteiger partial charge on any atom is -0.272 e. The van der Waals surface area contributed by atoms with Gasteiger partial charge in [-0.3, -0.25) is 4.79 Å². The summed E-state index contributed by atoms with van der Waals surface area (Å²) in [6, 6.07) is 26.2. The highest BCUT2D eigenvalue weighted by Gasteiger charge is 2.06. The molecule has 0 aliphatic rings. The third kappa shape index (κ3) is 4.78. The number of carbonyl (C=O) groups excluding carboxylic acids is 1. The fourth-order valence-electron chi connectivity index (χ4n) is 3.23. The number of amides is 1. The number of halogens is 1. The largest absolute Gasteiger partial charge is 0.272 e. The van der Waals surface area contributed by atoms with Crippen molar-refractivity contribution in [3.05, 3.63) is 95.0 Å². The zero-order valence-electron chi connectivity index (χ0n) is 15.6. The topological polar surface area (TPSA) is 41.5 Å². The van der Waals surface area contributed by atoms with Crippen LogP contribution in [0.25, 0.3) is 21.5 Å². The van der Waals surface area contributed by atoms with Gasteiger partial charge in [0.25, 0.3) is 0 Å². The first-order valence-electron chi connectivity index (χ1n) is 9.25. The standard InChI is InChI=1S/C24H19ClN2OS/c25-20-11-9-17(10-12-20)15-29-16-24(28)27-26-14-23-21-7-3-1-5-18(21)13-19-6-2-4-8-22(19)23/h1-14H,15-16H2,(H,27,28)/b26-14-. The Labute approximate surface area is 178 Å². The lowest BCUT2D eigenvalue weighted by atomic mass is 9.97. The molecule has 0 saturated carbocycles. The molecule has 1 amide bonds. The molecule has 0 aliphatic carbocycles. The molecule has 144 valence electrons. The van der Waals surface area contributed by atoms with Crippen molar-refractivity contribution in [3.8, 4) is 0 Å². The molecule has 4 aromatic carbocycles. The lowest BCUT2D eigenvalue weighted by Gasteiger charge is -2.08. The summed E-state index contributed by atoms with van der Waals surface area (Å²) in [4.78, 5) is 12.1. The number of nitrogens with one attached hydrogen (secondary N) is 1. The second-order valence-electron chi connectivity index (χ2n) is 6.64. The lowest BCUT2D eigenvalue weighted by molar-refractivity contribution is -0.118. The number of benzene rings is 4. The summed E-state index contributed by atoms with van der Waals surface area (Å²) in [7, 11) is 0. The van der Waals surface area contributed by atoms with Crippen molar-refractivity contribution >= 4 is 57.0 Å². The Bertz CT molecular complexity index is 1130. The number of carbonyl (C=O) groups is 1. The van der Waals surface area contributed by atoms with E-state index in [1.165, 1.54) is 0 Å². The van der Waals surface area contributed by atoms with E-state index in [0.717, 1.165) is 38.4 Å². The van der Waals surface area contributed by atoms with Crippen LogP contribution < -0.4 is 5.43 Å². The highest BCUT2D eigenvalue weighted by atomic mass is 35.5. The van der Waals surface area contributed by atoms with E-state index < -0.39 is 0 Å². The number of nitrogens with zero attached hydrogens (tertiary/aromatic N) is 1. The van der Waals surface area contributed by atoms with E-state index in [4.69, 9.17) is 11.6 Å². The Balaban J connectivity index is 1.44. The summed E-state index contributed by atoms with van der Waals surface area (Å²) < 4.78 is 0. The van der Waals surface area contributed by atoms with Gasteiger partial charge in [0.2, 0.25) is 5.91 Å². The zero-order valence-corrected chi connectivity index (χ0v) is 17.2. The molecule has 4 aromatic rings. The van der Waals surface area contributed by atoms with E-state index in [9.17, 15) is 4.79 Å². The fourth-order valence-corrected chi connectivity index (χ4v) is 4.14. The summed E-state index contributed by atoms with van der Waals surface area (Å²) in [5.74, 6) is 0.975. The van der Waals surface area contributed by atoms with E-state index in [1.54, 1.807) is 18.0 Å². The third-order valence-electron chi connectivity index (χ3n) is 4.61. The number of fused-ring (bicyclic) bond motifs is 2. The van der Waals surface area contributed by atoms with E-state index in [2.05, 4.69) is 40.9 Å². The molecule has 4 rings (SSSR count). The van der Waals surface area contributed by atoms with Crippen molar-refractivity contribution in [3.63, 3.8) is 0 Å². The van der Waals surface area contributed by atoms with Crippen LogP contribution in [0.15, 0.2) is 84.0 Å². The number of rotatable bonds is 6. The van der Waals surface area contributed by atoms with Crippen LogP contribution >= 0.6 is 23.4 Å². The number of hydrogen-bond donors (Lipinski definition) is 1. The molecule has 0 spiro atoms. The molecule has 5 heteroatoms. The fraction of sp³-hybridized carbons (Fsp3) is 0.0833. The van der Waals surface area contributed by atoms with Gasteiger partial charge in [0.1, 0.15) is 0 Å². The van der Waals surface area contributed by atoms with Crippen LogP contribution in [0.4, 0.5) is 0 Å². The predicted molar refractivity (Wildman–Crippen MR) is 125 cm³/mol. The van der Waals surface area contributed by atoms with E-state index in [-0.39, 0.29) is 5.91 Å². The van der Waals surface area contributed by atoms with Gasteiger partial charge in [0.15, 0.2) is 0 Å². The minimum absolute atomic E-state index is 0.121. The number of hydrogen-bond acceptors (Lipinski definition) is 3. The average Bonchev–Trinajstić information content (AvgIpc) is 2.74. The first-order valence-corrected chi connectivity index (χ1v) is 10.8. The molecule has 0 fully saturated rings. The lowest BCUT2D eigenvalue weighted by Crippen LogP contribution is -2.19. The second-order valence-corrected chi connectivity index (χ2v) is 8.07. The normalized spacial score (nSPS) is 11.3. The van der Waals surface area contributed by atoms with E-state index in [1.807, 2.05) is 48.5 Å². The van der Waals surface area contributed by atoms with E-state index >= 15 is 0 Å². The molecule has 3 nitrogen and oxygen atoms in total. The maximum atomic E-state index is 12.1.